The number of aromatic nitrogens is 3. The van der Waals surface area contributed by atoms with Gasteiger partial charge in [0.15, 0.2) is 0 Å². The van der Waals surface area contributed by atoms with E-state index in [0.717, 1.165) is 37.9 Å². The predicted molar refractivity (Wildman–Crippen MR) is 131 cm³/mol. The van der Waals surface area contributed by atoms with Gasteiger partial charge in [-0.3, -0.25) is 9.55 Å². The van der Waals surface area contributed by atoms with Crippen LogP contribution in [0.3, 0.4) is 0 Å². The SMILES string of the molecule is CC(C)(C)c1cc(-c2nc3c(Br)cccc3n2-c2cccnc2)c(O)c(C(C)(C)C)c1. The third-order valence-corrected chi connectivity index (χ3v) is 6.20. The Labute approximate surface area is 192 Å². The average Bonchev–Trinajstić information content (AvgIpc) is 3.07. The van der Waals surface area contributed by atoms with Crippen molar-refractivity contribution in [2.24, 2.45) is 0 Å². The lowest BCUT2D eigenvalue weighted by molar-refractivity contribution is 0.446. The van der Waals surface area contributed by atoms with Gasteiger partial charge in [0.2, 0.25) is 0 Å². The molecule has 4 nitrogen and oxygen atoms in total. The number of phenolic OH excluding ortho intramolecular Hbond substituents is 1. The van der Waals surface area contributed by atoms with E-state index in [1.54, 1.807) is 6.20 Å². The van der Waals surface area contributed by atoms with Crippen LogP contribution >= 0.6 is 15.9 Å². The molecule has 0 aliphatic rings. The summed E-state index contributed by atoms with van der Waals surface area (Å²) in [6.07, 6.45) is 3.58. The van der Waals surface area contributed by atoms with Gasteiger partial charge in [0.05, 0.1) is 23.0 Å². The summed E-state index contributed by atoms with van der Waals surface area (Å²) in [7, 11) is 0. The second kappa shape index (κ2) is 7.49. The number of aromatic hydroxyl groups is 1. The van der Waals surface area contributed by atoms with E-state index >= 15 is 0 Å². The number of hydrogen-bond acceptors (Lipinski definition) is 3. The van der Waals surface area contributed by atoms with Crippen LogP contribution in [-0.4, -0.2) is 19.6 Å². The molecule has 2 aromatic heterocycles. The highest BCUT2D eigenvalue weighted by Gasteiger charge is 2.28. The molecule has 5 heteroatoms. The topological polar surface area (TPSA) is 50.9 Å². The van der Waals surface area contributed by atoms with Crippen molar-refractivity contribution in [2.45, 2.75) is 52.4 Å². The molecule has 0 aliphatic heterocycles. The Balaban J connectivity index is 2.14. The highest BCUT2D eigenvalue weighted by molar-refractivity contribution is 9.10. The maximum Gasteiger partial charge on any atom is 0.149 e. The van der Waals surface area contributed by atoms with Gasteiger partial charge in [-0.2, -0.15) is 0 Å². The molecule has 0 amide bonds. The molecule has 2 aromatic carbocycles. The summed E-state index contributed by atoms with van der Waals surface area (Å²) in [5.41, 5.74) is 5.21. The van der Waals surface area contributed by atoms with E-state index in [-0.39, 0.29) is 16.6 Å². The van der Waals surface area contributed by atoms with Crippen LogP contribution in [0.4, 0.5) is 0 Å². The number of nitrogens with zero attached hydrogens (tertiary/aromatic N) is 3. The van der Waals surface area contributed by atoms with E-state index in [1.807, 2.05) is 36.5 Å². The number of imidazole rings is 1. The molecule has 31 heavy (non-hydrogen) atoms. The normalized spacial score (nSPS) is 12.5. The fourth-order valence-electron chi connectivity index (χ4n) is 3.80. The van der Waals surface area contributed by atoms with Crippen LogP contribution in [-0.2, 0) is 10.8 Å². The van der Waals surface area contributed by atoms with Crippen molar-refractivity contribution in [3.8, 4) is 22.8 Å². The lowest BCUT2D eigenvalue weighted by Crippen LogP contribution is -2.17. The zero-order chi connectivity index (χ0) is 22.6. The van der Waals surface area contributed by atoms with Crippen molar-refractivity contribution in [1.82, 2.24) is 14.5 Å². The molecule has 0 aliphatic carbocycles. The minimum atomic E-state index is -0.216. The van der Waals surface area contributed by atoms with Crippen molar-refractivity contribution < 1.29 is 5.11 Å². The van der Waals surface area contributed by atoms with Gasteiger partial charge in [0.25, 0.3) is 0 Å². The quantitative estimate of drug-likeness (QED) is 0.333. The van der Waals surface area contributed by atoms with Gasteiger partial charge in [-0.15, -0.1) is 0 Å². The first-order valence-corrected chi connectivity index (χ1v) is 11.2. The second-order valence-corrected chi connectivity index (χ2v) is 10.9. The molecule has 0 saturated carbocycles. The Hall–Kier alpha value is -2.66. The number of pyridine rings is 1. The van der Waals surface area contributed by atoms with Crippen LogP contribution in [0, 0.1) is 0 Å². The van der Waals surface area contributed by atoms with E-state index < -0.39 is 0 Å². The maximum atomic E-state index is 11.5. The van der Waals surface area contributed by atoms with Crippen LogP contribution in [0.5, 0.6) is 5.75 Å². The first kappa shape index (κ1) is 21.6. The Bertz CT molecular complexity index is 1260. The molecule has 0 radical (unpaired) electrons. The summed E-state index contributed by atoms with van der Waals surface area (Å²) in [5, 5.41) is 11.5. The summed E-state index contributed by atoms with van der Waals surface area (Å²) < 4.78 is 2.98. The fraction of sp³-hybridized carbons (Fsp3) is 0.308. The van der Waals surface area contributed by atoms with Gasteiger partial charge in [-0.05, 0) is 62.7 Å². The van der Waals surface area contributed by atoms with Crippen LogP contribution in [0.1, 0.15) is 52.7 Å². The molecule has 4 aromatic rings. The highest BCUT2D eigenvalue weighted by Crippen LogP contribution is 2.43. The van der Waals surface area contributed by atoms with Crippen molar-refractivity contribution in [3.63, 3.8) is 0 Å². The fourth-order valence-corrected chi connectivity index (χ4v) is 4.25. The van der Waals surface area contributed by atoms with E-state index in [4.69, 9.17) is 4.98 Å². The first-order valence-electron chi connectivity index (χ1n) is 10.4. The third kappa shape index (κ3) is 3.87. The lowest BCUT2D eigenvalue weighted by Gasteiger charge is -2.27. The number of fused-ring (bicyclic) bond motifs is 1. The molecule has 1 N–H and O–H groups in total. The van der Waals surface area contributed by atoms with Gasteiger partial charge >= 0.3 is 0 Å². The standard InChI is InChI=1S/C26H28BrN3O/c1-25(2,3)16-13-18(23(31)19(14-16)26(4,5)6)24-29-22-20(27)10-7-11-21(22)30(24)17-9-8-12-28-15-17/h7-15,31H,1-6H3. The Morgan fingerprint density at radius 3 is 2.29 bits per heavy atom. The summed E-state index contributed by atoms with van der Waals surface area (Å²) in [5.74, 6) is 0.973. The van der Waals surface area contributed by atoms with Crippen molar-refractivity contribution in [1.29, 1.82) is 0 Å². The largest absolute Gasteiger partial charge is 0.507 e. The lowest BCUT2D eigenvalue weighted by atomic mass is 9.79. The van der Waals surface area contributed by atoms with Gasteiger partial charge in [0, 0.05) is 16.2 Å². The number of para-hydroxylation sites is 1. The van der Waals surface area contributed by atoms with Gasteiger partial charge in [0.1, 0.15) is 17.1 Å². The Morgan fingerprint density at radius 2 is 1.68 bits per heavy atom. The molecule has 0 bridgehead atoms. The minimum Gasteiger partial charge on any atom is -0.507 e. The van der Waals surface area contributed by atoms with Crippen LogP contribution < -0.4 is 0 Å². The number of halogens is 1. The zero-order valence-electron chi connectivity index (χ0n) is 18.9. The molecule has 4 rings (SSSR count). The molecule has 0 unspecified atom stereocenters. The van der Waals surface area contributed by atoms with Crippen LogP contribution in [0.25, 0.3) is 28.1 Å². The second-order valence-electron chi connectivity index (χ2n) is 10.0. The monoisotopic (exact) mass is 477 g/mol. The third-order valence-electron chi connectivity index (χ3n) is 5.56. The van der Waals surface area contributed by atoms with Crippen LogP contribution in [0.2, 0.25) is 0 Å². The summed E-state index contributed by atoms with van der Waals surface area (Å²) in [6.45, 7) is 12.9. The Kier molecular flexibility index (Phi) is 5.21. The summed E-state index contributed by atoms with van der Waals surface area (Å²) in [4.78, 5) is 9.31. The van der Waals surface area contributed by atoms with Crippen molar-refractivity contribution in [2.75, 3.05) is 0 Å². The first-order chi connectivity index (χ1) is 14.5. The molecule has 0 spiro atoms. The number of phenols is 1. The summed E-state index contributed by atoms with van der Waals surface area (Å²) >= 11 is 3.65. The number of rotatable bonds is 2. The molecular weight excluding hydrogens is 450 g/mol. The van der Waals surface area contributed by atoms with E-state index in [2.05, 4.69) is 79.2 Å². The molecule has 2 heterocycles. The van der Waals surface area contributed by atoms with Gasteiger partial charge in [-0.25, -0.2) is 4.98 Å². The predicted octanol–water partition coefficient (Wildman–Crippen LogP) is 7.15. The van der Waals surface area contributed by atoms with E-state index in [9.17, 15) is 5.11 Å². The molecule has 0 fully saturated rings. The van der Waals surface area contributed by atoms with E-state index in [0.29, 0.717) is 5.82 Å². The molecule has 0 atom stereocenters. The smallest absolute Gasteiger partial charge is 0.149 e. The molecule has 0 saturated heterocycles. The maximum absolute atomic E-state index is 11.5. The highest BCUT2D eigenvalue weighted by atomic mass is 79.9. The summed E-state index contributed by atoms with van der Waals surface area (Å²) in [6, 6.07) is 14.1. The molecule has 160 valence electrons. The van der Waals surface area contributed by atoms with Gasteiger partial charge < -0.3 is 5.11 Å². The van der Waals surface area contributed by atoms with E-state index in [1.165, 1.54) is 0 Å². The van der Waals surface area contributed by atoms with Crippen LogP contribution in [0.15, 0.2) is 59.3 Å². The number of benzene rings is 2. The van der Waals surface area contributed by atoms with Gasteiger partial charge in [-0.1, -0.05) is 53.7 Å². The number of hydrogen-bond donors (Lipinski definition) is 1. The van der Waals surface area contributed by atoms with Crippen molar-refractivity contribution >= 4 is 27.0 Å². The molecular formula is C26H28BrN3O. The Morgan fingerprint density at radius 1 is 0.935 bits per heavy atom. The average molecular weight is 478 g/mol. The zero-order valence-corrected chi connectivity index (χ0v) is 20.4. The van der Waals surface area contributed by atoms with Crippen molar-refractivity contribution in [3.05, 3.63) is 70.5 Å². The minimum absolute atomic E-state index is 0.0752.